The molecule has 0 aromatic heterocycles. The van der Waals surface area contributed by atoms with Crippen LogP contribution in [0.15, 0.2) is 24.3 Å². The molecule has 20 heavy (non-hydrogen) atoms. The van der Waals surface area contributed by atoms with Crippen LogP contribution in [0.4, 0.5) is 0 Å². The van der Waals surface area contributed by atoms with Crippen molar-refractivity contribution < 1.29 is 14.7 Å². The molecule has 0 bridgehead atoms. The van der Waals surface area contributed by atoms with E-state index in [4.69, 9.17) is 5.11 Å². The highest BCUT2D eigenvalue weighted by Crippen LogP contribution is 2.08. The van der Waals surface area contributed by atoms with Gasteiger partial charge in [-0.05, 0) is 45.0 Å². The predicted octanol–water partition coefficient (Wildman–Crippen LogP) is 1.28. The summed E-state index contributed by atoms with van der Waals surface area (Å²) in [5, 5.41) is 11.7. The predicted molar refractivity (Wildman–Crippen MR) is 77.7 cm³/mol. The number of hydrogen-bond acceptors (Lipinski definition) is 3. The van der Waals surface area contributed by atoms with Gasteiger partial charge in [-0.25, -0.2) is 0 Å². The lowest BCUT2D eigenvalue weighted by molar-refractivity contribution is 0.0772. The van der Waals surface area contributed by atoms with Crippen LogP contribution in [0.1, 0.15) is 41.5 Å². The fraction of sp³-hybridized carbons (Fsp3) is 0.467. The number of aliphatic hydroxyl groups is 1. The third kappa shape index (κ3) is 4.35. The second-order valence-electron chi connectivity index (χ2n) is 4.61. The van der Waals surface area contributed by atoms with Crippen LogP contribution in [0.2, 0.25) is 0 Å². The Hall–Kier alpha value is -1.88. The van der Waals surface area contributed by atoms with E-state index in [1.807, 2.05) is 13.8 Å². The van der Waals surface area contributed by atoms with Crippen molar-refractivity contribution in [2.24, 2.45) is 0 Å². The topological polar surface area (TPSA) is 69.6 Å². The fourth-order valence-corrected chi connectivity index (χ4v) is 1.80. The molecule has 0 fully saturated rings. The summed E-state index contributed by atoms with van der Waals surface area (Å²) in [5.41, 5.74) is 1.04. The SMILES string of the molecule is CCN(CC)C(=O)c1ccc(C(=O)NCC(C)O)cc1. The molecule has 110 valence electrons. The van der Waals surface area contributed by atoms with Gasteiger partial charge in [0, 0.05) is 30.8 Å². The lowest BCUT2D eigenvalue weighted by atomic mass is 10.1. The van der Waals surface area contributed by atoms with E-state index in [2.05, 4.69) is 5.32 Å². The monoisotopic (exact) mass is 278 g/mol. The van der Waals surface area contributed by atoms with Crippen molar-refractivity contribution in [1.29, 1.82) is 0 Å². The maximum Gasteiger partial charge on any atom is 0.253 e. The number of amides is 2. The number of carbonyl (C=O) groups excluding carboxylic acids is 2. The average Bonchev–Trinajstić information content (AvgIpc) is 2.46. The van der Waals surface area contributed by atoms with Crippen molar-refractivity contribution in [3.05, 3.63) is 35.4 Å². The molecule has 0 aliphatic heterocycles. The van der Waals surface area contributed by atoms with Gasteiger partial charge in [0.1, 0.15) is 0 Å². The van der Waals surface area contributed by atoms with E-state index < -0.39 is 6.10 Å². The van der Waals surface area contributed by atoms with Crippen molar-refractivity contribution >= 4 is 11.8 Å². The van der Waals surface area contributed by atoms with Crippen molar-refractivity contribution in [1.82, 2.24) is 10.2 Å². The van der Waals surface area contributed by atoms with E-state index >= 15 is 0 Å². The number of nitrogens with one attached hydrogen (secondary N) is 1. The van der Waals surface area contributed by atoms with Gasteiger partial charge in [0.25, 0.3) is 11.8 Å². The first kappa shape index (κ1) is 16.2. The Morgan fingerprint density at radius 3 is 2.10 bits per heavy atom. The van der Waals surface area contributed by atoms with Crippen molar-refractivity contribution in [2.75, 3.05) is 19.6 Å². The molecule has 2 N–H and O–H groups in total. The lowest BCUT2D eigenvalue weighted by Crippen LogP contribution is -2.31. The molecule has 0 saturated carbocycles. The molecule has 1 aromatic rings. The number of benzene rings is 1. The average molecular weight is 278 g/mol. The molecule has 1 rings (SSSR count). The zero-order valence-corrected chi connectivity index (χ0v) is 12.2. The van der Waals surface area contributed by atoms with Crippen LogP contribution in [0.25, 0.3) is 0 Å². The summed E-state index contributed by atoms with van der Waals surface area (Å²) in [5.74, 6) is -0.293. The molecular formula is C15H22N2O3. The highest BCUT2D eigenvalue weighted by Gasteiger charge is 2.13. The molecule has 0 saturated heterocycles. The largest absolute Gasteiger partial charge is 0.392 e. The molecular weight excluding hydrogens is 256 g/mol. The van der Waals surface area contributed by atoms with Crippen LogP contribution >= 0.6 is 0 Å². The Bertz CT molecular complexity index is 451. The maximum atomic E-state index is 12.1. The summed E-state index contributed by atoms with van der Waals surface area (Å²) >= 11 is 0. The molecule has 5 nitrogen and oxygen atoms in total. The highest BCUT2D eigenvalue weighted by molar-refractivity contribution is 5.97. The smallest absolute Gasteiger partial charge is 0.253 e. The number of nitrogens with zero attached hydrogens (tertiary/aromatic N) is 1. The zero-order valence-electron chi connectivity index (χ0n) is 12.2. The quantitative estimate of drug-likeness (QED) is 0.823. The second-order valence-corrected chi connectivity index (χ2v) is 4.61. The van der Waals surface area contributed by atoms with Gasteiger partial charge in [0.05, 0.1) is 6.10 Å². The minimum absolute atomic E-state index is 0.0362. The first-order chi connectivity index (χ1) is 9.49. The molecule has 0 heterocycles. The Labute approximate surface area is 119 Å². The Morgan fingerprint density at radius 2 is 1.65 bits per heavy atom. The van der Waals surface area contributed by atoms with Gasteiger partial charge < -0.3 is 15.3 Å². The van der Waals surface area contributed by atoms with Gasteiger partial charge in [-0.2, -0.15) is 0 Å². The van der Waals surface area contributed by atoms with E-state index in [9.17, 15) is 9.59 Å². The van der Waals surface area contributed by atoms with Crippen LogP contribution in [0.3, 0.4) is 0 Å². The molecule has 1 unspecified atom stereocenters. The molecule has 0 aliphatic carbocycles. The number of aliphatic hydroxyl groups excluding tert-OH is 1. The van der Waals surface area contributed by atoms with Crippen LogP contribution in [-0.4, -0.2) is 47.6 Å². The Morgan fingerprint density at radius 1 is 1.15 bits per heavy atom. The van der Waals surface area contributed by atoms with Gasteiger partial charge in [-0.1, -0.05) is 0 Å². The second kappa shape index (κ2) is 7.65. The van der Waals surface area contributed by atoms with Crippen molar-refractivity contribution in [2.45, 2.75) is 26.9 Å². The zero-order chi connectivity index (χ0) is 15.1. The minimum atomic E-state index is -0.581. The molecule has 2 amide bonds. The normalized spacial score (nSPS) is 11.8. The van der Waals surface area contributed by atoms with E-state index in [0.717, 1.165) is 0 Å². The lowest BCUT2D eigenvalue weighted by Gasteiger charge is -2.18. The van der Waals surface area contributed by atoms with Gasteiger partial charge in [-0.15, -0.1) is 0 Å². The number of rotatable bonds is 6. The summed E-state index contributed by atoms with van der Waals surface area (Å²) < 4.78 is 0. The molecule has 0 aliphatic rings. The first-order valence-corrected chi connectivity index (χ1v) is 6.85. The van der Waals surface area contributed by atoms with Crippen LogP contribution in [-0.2, 0) is 0 Å². The van der Waals surface area contributed by atoms with Gasteiger partial charge in [0.2, 0.25) is 0 Å². The molecule has 5 heteroatoms. The number of carbonyl (C=O) groups is 2. The molecule has 0 spiro atoms. The van der Waals surface area contributed by atoms with E-state index in [1.165, 1.54) is 0 Å². The maximum absolute atomic E-state index is 12.1. The summed E-state index contributed by atoms with van der Waals surface area (Å²) in [6, 6.07) is 6.54. The summed E-state index contributed by atoms with van der Waals surface area (Å²) in [6.45, 7) is 6.99. The van der Waals surface area contributed by atoms with Crippen LogP contribution < -0.4 is 5.32 Å². The Kier molecular flexibility index (Phi) is 6.18. The summed E-state index contributed by atoms with van der Waals surface area (Å²) in [7, 11) is 0. The molecule has 1 atom stereocenters. The number of hydrogen-bond donors (Lipinski definition) is 2. The van der Waals surface area contributed by atoms with Crippen molar-refractivity contribution in [3.8, 4) is 0 Å². The van der Waals surface area contributed by atoms with Crippen molar-refractivity contribution in [3.63, 3.8) is 0 Å². The third-order valence-corrected chi connectivity index (χ3v) is 3.00. The summed E-state index contributed by atoms with van der Waals surface area (Å²) in [6.07, 6.45) is -0.581. The molecule has 0 radical (unpaired) electrons. The van der Waals surface area contributed by atoms with E-state index in [0.29, 0.717) is 24.2 Å². The standard InChI is InChI=1S/C15H22N2O3/c1-4-17(5-2)15(20)13-8-6-12(7-9-13)14(19)16-10-11(3)18/h6-9,11,18H,4-5,10H2,1-3H3,(H,16,19). The minimum Gasteiger partial charge on any atom is -0.392 e. The Balaban J connectivity index is 2.73. The summed E-state index contributed by atoms with van der Waals surface area (Å²) in [4.78, 5) is 25.6. The highest BCUT2D eigenvalue weighted by atomic mass is 16.3. The molecule has 1 aromatic carbocycles. The van der Waals surface area contributed by atoms with Crippen LogP contribution in [0, 0.1) is 0 Å². The van der Waals surface area contributed by atoms with Gasteiger partial charge in [-0.3, -0.25) is 9.59 Å². The first-order valence-electron chi connectivity index (χ1n) is 6.85. The third-order valence-electron chi connectivity index (χ3n) is 3.00. The van der Waals surface area contributed by atoms with Gasteiger partial charge >= 0.3 is 0 Å². The van der Waals surface area contributed by atoms with E-state index in [-0.39, 0.29) is 18.4 Å². The fourth-order valence-electron chi connectivity index (χ4n) is 1.80. The van der Waals surface area contributed by atoms with E-state index in [1.54, 1.807) is 36.1 Å². The van der Waals surface area contributed by atoms with Gasteiger partial charge in [0.15, 0.2) is 0 Å². The van der Waals surface area contributed by atoms with Crippen LogP contribution in [0.5, 0.6) is 0 Å².